The molecule has 1 atom stereocenters. The SMILES string of the molecule is CC1CC(C=N[S@@](=O)C(C)(C)C)C1. The summed E-state index contributed by atoms with van der Waals surface area (Å²) in [5.74, 6) is 1.42. The maximum atomic E-state index is 11.5. The molecule has 0 N–H and O–H groups in total. The maximum Gasteiger partial charge on any atom is 0.144 e. The molecule has 1 saturated carbocycles. The van der Waals surface area contributed by atoms with Crippen LogP contribution in [0.1, 0.15) is 40.5 Å². The van der Waals surface area contributed by atoms with Crippen LogP contribution in [-0.4, -0.2) is 15.2 Å². The summed E-state index contributed by atoms with van der Waals surface area (Å²) in [6.45, 7) is 8.09. The van der Waals surface area contributed by atoms with Crippen LogP contribution in [0.4, 0.5) is 0 Å². The smallest absolute Gasteiger partial charge is 0.144 e. The highest BCUT2D eigenvalue weighted by atomic mass is 32.2. The summed E-state index contributed by atoms with van der Waals surface area (Å²) in [5.41, 5.74) is 0. The minimum atomic E-state index is -1.07. The summed E-state index contributed by atoms with van der Waals surface area (Å²) in [7, 11) is -1.07. The molecule has 0 spiro atoms. The Bertz CT molecular complexity index is 224. The molecule has 2 nitrogen and oxygen atoms in total. The zero-order valence-electron chi connectivity index (χ0n) is 8.91. The minimum Gasteiger partial charge on any atom is -0.234 e. The first kappa shape index (κ1) is 10.9. The van der Waals surface area contributed by atoms with Crippen LogP contribution in [0.2, 0.25) is 0 Å². The monoisotopic (exact) mass is 201 g/mol. The van der Waals surface area contributed by atoms with Gasteiger partial charge in [-0.25, -0.2) is 4.21 Å². The molecule has 0 bridgehead atoms. The molecule has 0 radical (unpaired) electrons. The molecule has 0 aromatic rings. The number of nitrogens with zero attached hydrogens (tertiary/aromatic N) is 1. The van der Waals surface area contributed by atoms with E-state index in [1.807, 2.05) is 27.0 Å². The van der Waals surface area contributed by atoms with E-state index >= 15 is 0 Å². The van der Waals surface area contributed by atoms with Crippen molar-refractivity contribution in [1.29, 1.82) is 0 Å². The van der Waals surface area contributed by atoms with Crippen LogP contribution >= 0.6 is 0 Å². The van der Waals surface area contributed by atoms with Gasteiger partial charge in [-0.2, -0.15) is 4.40 Å². The Morgan fingerprint density at radius 1 is 1.38 bits per heavy atom. The van der Waals surface area contributed by atoms with Gasteiger partial charge in [-0.3, -0.25) is 0 Å². The van der Waals surface area contributed by atoms with Crippen LogP contribution in [0.25, 0.3) is 0 Å². The van der Waals surface area contributed by atoms with Crippen LogP contribution < -0.4 is 0 Å². The van der Waals surface area contributed by atoms with Crippen molar-refractivity contribution in [2.24, 2.45) is 16.2 Å². The molecule has 0 aromatic heterocycles. The van der Waals surface area contributed by atoms with Gasteiger partial charge >= 0.3 is 0 Å². The molecule has 0 aliphatic heterocycles. The zero-order valence-corrected chi connectivity index (χ0v) is 9.73. The molecular weight excluding hydrogens is 182 g/mol. The molecule has 1 aliphatic rings. The van der Waals surface area contributed by atoms with Crippen molar-refractivity contribution in [3.63, 3.8) is 0 Å². The maximum absolute atomic E-state index is 11.5. The van der Waals surface area contributed by atoms with E-state index in [-0.39, 0.29) is 4.75 Å². The lowest BCUT2D eigenvalue weighted by Crippen LogP contribution is -2.24. The summed E-state index contributed by atoms with van der Waals surface area (Å²) in [6.07, 6.45) is 4.32. The molecule has 0 saturated heterocycles. The summed E-state index contributed by atoms with van der Waals surface area (Å²) in [5, 5.41) is 0. The fraction of sp³-hybridized carbons (Fsp3) is 0.900. The van der Waals surface area contributed by atoms with Crippen LogP contribution in [0.5, 0.6) is 0 Å². The predicted molar refractivity (Wildman–Crippen MR) is 58.3 cm³/mol. The quantitative estimate of drug-likeness (QED) is 0.631. The lowest BCUT2D eigenvalue weighted by molar-refractivity contribution is 0.286. The largest absolute Gasteiger partial charge is 0.234 e. The Morgan fingerprint density at radius 2 is 1.92 bits per heavy atom. The van der Waals surface area contributed by atoms with E-state index in [2.05, 4.69) is 11.3 Å². The van der Waals surface area contributed by atoms with Crippen molar-refractivity contribution >= 4 is 17.2 Å². The summed E-state index contributed by atoms with van der Waals surface area (Å²) < 4.78 is 15.4. The molecule has 3 heteroatoms. The second-order valence-electron chi connectivity index (χ2n) is 4.95. The molecule has 1 rings (SSSR count). The first-order valence-corrected chi connectivity index (χ1v) is 5.96. The second kappa shape index (κ2) is 3.91. The van der Waals surface area contributed by atoms with Gasteiger partial charge in [-0.15, -0.1) is 0 Å². The molecule has 76 valence electrons. The van der Waals surface area contributed by atoms with Crippen molar-refractivity contribution in [3.05, 3.63) is 0 Å². The van der Waals surface area contributed by atoms with Crippen molar-refractivity contribution < 1.29 is 4.21 Å². The molecule has 0 heterocycles. The average Bonchev–Trinajstić information content (AvgIpc) is 1.93. The number of rotatable bonds is 2. The van der Waals surface area contributed by atoms with Crippen LogP contribution in [0.15, 0.2) is 4.40 Å². The lowest BCUT2D eigenvalue weighted by atomic mass is 9.77. The van der Waals surface area contributed by atoms with Crippen LogP contribution in [-0.2, 0) is 11.0 Å². The third-order valence-electron chi connectivity index (χ3n) is 2.30. The Balaban J connectivity index is 2.36. The first-order valence-electron chi connectivity index (χ1n) is 4.86. The van der Waals surface area contributed by atoms with Gasteiger partial charge in [0.25, 0.3) is 0 Å². The highest BCUT2D eigenvalue weighted by Crippen LogP contribution is 2.31. The second-order valence-corrected chi connectivity index (χ2v) is 6.89. The third-order valence-corrected chi connectivity index (χ3v) is 3.66. The highest BCUT2D eigenvalue weighted by molar-refractivity contribution is 7.85. The molecule has 1 fully saturated rings. The average molecular weight is 201 g/mol. The number of hydrogen-bond donors (Lipinski definition) is 0. The van der Waals surface area contributed by atoms with E-state index in [0.717, 1.165) is 5.92 Å². The fourth-order valence-corrected chi connectivity index (χ4v) is 1.98. The van der Waals surface area contributed by atoms with Crippen molar-refractivity contribution in [1.82, 2.24) is 0 Å². The standard InChI is InChI=1S/C10H19NOS/c1-8-5-9(6-8)7-11-13(12)10(2,3)4/h7-9H,5-6H2,1-4H3/t8?,9?,13-/m0/s1. The van der Waals surface area contributed by atoms with E-state index < -0.39 is 11.0 Å². The summed E-state index contributed by atoms with van der Waals surface area (Å²) in [6, 6.07) is 0. The summed E-state index contributed by atoms with van der Waals surface area (Å²) >= 11 is 0. The van der Waals surface area contributed by atoms with Gasteiger partial charge in [0.05, 0.1) is 4.75 Å². The van der Waals surface area contributed by atoms with Gasteiger partial charge in [0.1, 0.15) is 11.0 Å². The molecule has 1 aliphatic carbocycles. The van der Waals surface area contributed by atoms with E-state index in [1.54, 1.807) is 0 Å². The molecule has 0 unspecified atom stereocenters. The van der Waals surface area contributed by atoms with Gasteiger partial charge in [-0.05, 0) is 45.4 Å². The van der Waals surface area contributed by atoms with Crippen molar-refractivity contribution in [3.8, 4) is 0 Å². The Kier molecular flexibility index (Phi) is 3.28. The molecule has 13 heavy (non-hydrogen) atoms. The molecule has 0 aromatic carbocycles. The van der Waals surface area contributed by atoms with Crippen LogP contribution in [0.3, 0.4) is 0 Å². The topological polar surface area (TPSA) is 29.4 Å². The van der Waals surface area contributed by atoms with Gasteiger partial charge in [0, 0.05) is 6.21 Å². The number of hydrogen-bond acceptors (Lipinski definition) is 1. The minimum absolute atomic E-state index is 0.216. The van der Waals surface area contributed by atoms with Crippen LogP contribution in [0, 0.1) is 11.8 Å². The normalized spacial score (nSPS) is 31.7. The van der Waals surface area contributed by atoms with E-state index in [1.165, 1.54) is 12.8 Å². The Morgan fingerprint density at radius 3 is 2.31 bits per heavy atom. The summed E-state index contributed by atoms with van der Waals surface area (Å²) in [4.78, 5) is 0. The van der Waals surface area contributed by atoms with Crippen molar-refractivity contribution in [2.75, 3.05) is 0 Å². The van der Waals surface area contributed by atoms with Gasteiger partial charge in [0.2, 0.25) is 0 Å². The van der Waals surface area contributed by atoms with Gasteiger partial charge < -0.3 is 0 Å². The van der Waals surface area contributed by atoms with Gasteiger partial charge in [-0.1, -0.05) is 6.92 Å². The van der Waals surface area contributed by atoms with Crippen molar-refractivity contribution in [2.45, 2.75) is 45.3 Å². The van der Waals surface area contributed by atoms with Gasteiger partial charge in [0.15, 0.2) is 0 Å². The van der Waals surface area contributed by atoms with E-state index in [4.69, 9.17) is 0 Å². The molecule has 0 amide bonds. The Labute approximate surface area is 83.4 Å². The fourth-order valence-electron chi connectivity index (χ4n) is 1.39. The van der Waals surface area contributed by atoms with E-state index in [9.17, 15) is 4.21 Å². The zero-order chi connectivity index (χ0) is 10.1. The Hall–Kier alpha value is -0.180. The predicted octanol–water partition coefficient (Wildman–Crippen LogP) is 2.57. The first-order chi connectivity index (χ1) is 5.89. The lowest BCUT2D eigenvalue weighted by Gasteiger charge is -2.29. The third kappa shape index (κ3) is 3.22. The molecular formula is C10H19NOS. The van der Waals surface area contributed by atoms with E-state index in [0.29, 0.717) is 5.92 Å². The highest BCUT2D eigenvalue weighted by Gasteiger charge is 2.24.